The Kier molecular flexibility index (Phi) is 2.31. The molecule has 0 amide bonds. The van der Waals surface area contributed by atoms with Crippen molar-refractivity contribution in [2.45, 2.75) is 19.8 Å². The molecule has 1 saturated heterocycles. The summed E-state index contributed by atoms with van der Waals surface area (Å²) < 4.78 is 0.679. The van der Waals surface area contributed by atoms with E-state index < -0.39 is 0 Å². The van der Waals surface area contributed by atoms with E-state index in [1.807, 2.05) is 13.0 Å². The molecule has 1 fully saturated rings. The summed E-state index contributed by atoms with van der Waals surface area (Å²) in [6, 6.07) is 1.88. The van der Waals surface area contributed by atoms with Gasteiger partial charge < -0.3 is 9.88 Å². The number of hydrogen-bond acceptors (Lipinski definition) is 3. The van der Waals surface area contributed by atoms with Crippen LogP contribution in [0.15, 0.2) is 6.07 Å². The van der Waals surface area contributed by atoms with Gasteiger partial charge in [-0.25, -0.2) is 4.98 Å². The molecule has 4 heteroatoms. The number of H-pyrrole nitrogens is 1. The first-order chi connectivity index (χ1) is 6.25. The number of anilines is 1. The van der Waals surface area contributed by atoms with Crippen LogP contribution < -0.4 is 4.90 Å². The molecule has 2 heterocycles. The van der Waals surface area contributed by atoms with Gasteiger partial charge in [-0.1, -0.05) is 12.2 Å². The van der Waals surface area contributed by atoms with Crippen molar-refractivity contribution in [1.82, 2.24) is 9.97 Å². The van der Waals surface area contributed by atoms with Gasteiger partial charge in [0.05, 0.1) is 0 Å². The smallest absolute Gasteiger partial charge is 0.204 e. The van der Waals surface area contributed by atoms with Gasteiger partial charge in [0.1, 0.15) is 4.64 Å². The number of aryl methyl sites for hydroxylation is 1. The Bertz CT molecular complexity index is 352. The Balaban J connectivity index is 2.33. The van der Waals surface area contributed by atoms with Crippen molar-refractivity contribution in [2.24, 2.45) is 0 Å². The van der Waals surface area contributed by atoms with E-state index in [0.29, 0.717) is 4.64 Å². The Hall–Kier alpha value is -0.900. The molecule has 0 radical (unpaired) electrons. The minimum atomic E-state index is 0.679. The number of hydrogen-bond donors (Lipinski definition) is 1. The van der Waals surface area contributed by atoms with Crippen molar-refractivity contribution >= 4 is 18.2 Å². The number of rotatable bonds is 1. The van der Waals surface area contributed by atoms with Crippen molar-refractivity contribution in [3.05, 3.63) is 16.4 Å². The number of nitrogens with zero attached hydrogens (tertiary/aromatic N) is 2. The zero-order valence-corrected chi connectivity index (χ0v) is 8.52. The van der Waals surface area contributed by atoms with Crippen molar-refractivity contribution in [2.75, 3.05) is 18.0 Å². The summed E-state index contributed by atoms with van der Waals surface area (Å²) >= 11 is 5.06. The van der Waals surface area contributed by atoms with Gasteiger partial charge >= 0.3 is 0 Å². The van der Waals surface area contributed by atoms with Crippen LogP contribution in [0.1, 0.15) is 18.5 Å². The van der Waals surface area contributed by atoms with E-state index in [4.69, 9.17) is 12.2 Å². The predicted molar refractivity (Wildman–Crippen MR) is 55.6 cm³/mol. The van der Waals surface area contributed by atoms with Crippen molar-refractivity contribution in [3.63, 3.8) is 0 Å². The van der Waals surface area contributed by atoms with E-state index in [9.17, 15) is 0 Å². The van der Waals surface area contributed by atoms with Crippen LogP contribution in [0, 0.1) is 11.6 Å². The van der Waals surface area contributed by atoms with Crippen LogP contribution in [0.2, 0.25) is 0 Å². The molecule has 1 aromatic rings. The van der Waals surface area contributed by atoms with Gasteiger partial charge in [-0.15, -0.1) is 0 Å². The molecular weight excluding hydrogens is 182 g/mol. The topological polar surface area (TPSA) is 31.9 Å². The third-order valence-corrected chi connectivity index (χ3v) is 2.48. The normalized spacial score (nSPS) is 16.5. The highest BCUT2D eigenvalue weighted by Gasteiger charge is 2.13. The highest BCUT2D eigenvalue weighted by Crippen LogP contribution is 2.15. The Morgan fingerprint density at radius 1 is 1.46 bits per heavy atom. The van der Waals surface area contributed by atoms with Crippen LogP contribution >= 0.6 is 12.2 Å². The zero-order valence-electron chi connectivity index (χ0n) is 7.71. The van der Waals surface area contributed by atoms with E-state index >= 15 is 0 Å². The second-order valence-corrected chi connectivity index (χ2v) is 3.84. The monoisotopic (exact) mass is 195 g/mol. The summed E-state index contributed by atoms with van der Waals surface area (Å²) in [7, 11) is 0. The maximum absolute atomic E-state index is 5.06. The minimum absolute atomic E-state index is 0.679. The second kappa shape index (κ2) is 3.46. The van der Waals surface area contributed by atoms with Gasteiger partial charge in [0.25, 0.3) is 0 Å². The lowest BCUT2D eigenvalue weighted by Gasteiger charge is -2.15. The predicted octanol–water partition coefficient (Wildman–Crippen LogP) is 2.05. The molecule has 0 aliphatic carbocycles. The van der Waals surface area contributed by atoms with Gasteiger partial charge in [-0.2, -0.15) is 0 Å². The van der Waals surface area contributed by atoms with Crippen LogP contribution in [0.3, 0.4) is 0 Å². The summed E-state index contributed by atoms with van der Waals surface area (Å²) in [6.45, 7) is 4.21. The molecular formula is C9H13N3S. The average Bonchev–Trinajstić information content (AvgIpc) is 2.53. The fourth-order valence-corrected chi connectivity index (χ4v) is 1.90. The maximum atomic E-state index is 5.06. The van der Waals surface area contributed by atoms with E-state index in [-0.39, 0.29) is 0 Å². The molecule has 0 unspecified atom stereocenters. The minimum Gasteiger partial charge on any atom is -0.342 e. The first kappa shape index (κ1) is 8.69. The molecule has 13 heavy (non-hydrogen) atoms. The first-order valence-corrected chi connectivity index (χ1v) is 4.99. The summed E-state index contributed by atoms with van der Waals surface area (Å²) in [4.78, 5) is 9.79. The maximum Gasteiger partial charge on any atom is 0.204 e. The molecule has 2 rings (SSSR count). The lowest BCUT2D eigenvalue weighted by Crippen LogP contribution is -2.20. The fraction of sp³-hybridized carbons (Fsp3) is 0.556. The Labute approximate surface area is 82.8 Å². The lowest BCUT2D eigenvalue weighted by atomic mass is 10.4. The van der Waals surface area contributed by atoms with Crippen molar-refractivity contribution in [1.29, 1.82) is 0 Å². The first-order valence-electron chi connectivity index (χ1n) is 4.58. The molecule has 0 saturated carbocycles. The molecule has 3 nitrogen and oxygen atoms in total. The summed E-state index contributed by atoms with van der Waals surface area (Å²) in [5.41, 5.74) is 1.09. The largest absolute Gasteiger partial charge is 0.342 e. The number of aromatic nitrogens is 2. The standard InChI is InChI=1S/C9H13N3S/c1-7-6-8(13)11-9(10-7)12-4-2-3-5-12/h6H,2-5H2,1H3,(H,10,11,13). The summed E-state index contributed by atoms with van der Waals surface area (Å²) in [5.74, 6) is 0.933. The third-order valence-electron chi connectivity index (χ3n) is 2.27. The second-order valence-electron chi connectivity index (χ2n) is 3.42. The van der Waals surface area contributed by atoms with Gasteiger partial charge in [0.15, 0.2) is 0 Å². The number of aromatic amines is 1. The highest BCUT2D eigenvalue weighted by molar-refractivity contribution is 7.71. The van der Waals surface area contributed by atoms with Gasteiger partial charge in [-0.3, -0.25) is 0 Å². The molecule has 0 atom stereocenters. The Morgan fingerprint density at radius 3 is 2.77 bits per heavy atom. The van der Waals surface area contributed by atoms with Crippen LogP contribution in [-0.4, -0.2) is 23.1 Å². The van der Waals surface area contributed by atoms with Crippen LogP contribution in [0.5, 0.6) is 0 Å². The number of nitrogens with one attached hydrogen (secondary N) is 1. The summed E-state index contributed by atoms with van der Waals surface area (Å²) in [5, 5.41) is 0. The molecule has 1 aromatic heterocycles. The van der Waals surface area contributed by atoms with Gasteiger partial charge in [-0.05, 0) is 25.8 Å². The van der Waals surface area contributed by atoms with Gasteiger partial charge in [0.2, 0.25) is 5.95 Å². The highest BCUT2D eigenvalue weighted by atomic mass is 32.1. The van der Waals surface area contributed by atoms with E-state index in [0.717, 1.165) is 24.7 Å². The Morgan fingerprint density at radius 2 is 2.15 bits per heavy atom. The fourth-order valence-electron chi connectivity index (χ4n) is 1.64. The molecule has 0 aromatic carbocycles. The zero-order chi connectivity index (χ0) is 9.26. The average molecular weight is 195 g/mol. The third kappa shape index (κ3) is 1.88. The van der Waals surface area contributed by atoms with Crippen LogP contribution in [0.4, 0.5) is 5.95 Å². The SMILES string of the molecule is Cc1cc(=S)nc(N2CCCC2)[nH]1. The molecule has 0 spiro atoms. The molecule has 1 N–H and O–H groups in total. The van der Waals surface area contributed by atoms with Gasteiger partial charge in [0, 0.05) is 18.8 Å². The lowest BCUT2D eigenvalue weighted by molar-refractivity contribution is 0.885. The molecule has 1 aliphatic heterocycles. The quantitative estimate of drug-likeness (QED) is 0.696. The molecule has 1 aliphatic rings. The van der Waals surface area contributed by atoms with E-state index in [1.54, 1.807) is 0 Å². The van der Waals surface area contributed by atoms with Crippen molar-refractivity contribution in [3.8, 4) is 0 Å². The van der Waals surface area contributed by atoms with Crippen LogP contribution in [0.25, 0.3) is 0 Å². The van der Waals surface area contributed by atoms with Crippen LogP contribution in [-0.2, 0) is 0 Å². The molecule has 0 bridgehead atoms. The molecule has 70 valence electrons. The van der Waals surface area contributed by atoms with E-state index in [2.05, 4.69) is 14.9 Å². The van der Waals surface area contributed by atoms with Crippen molar-refractivity contribution < 1.29 is 0 Å². The summed E-state index contributed by atoms with van der Waals surface area (Å²) in [6.07, 6.45) is 2.52. The van der Waals surface area contributed by atoms with E-state index in [1.165, 1.54) is 12.8 Å².